The first-order valence-corrected chi connectivity index (χ1v) is 11.6. The lowest BCUT2D eigenvalue weighted by Gasteiger charge is -2.44. The van der Waals surface area contributed by atoms with Crippen molar-refractivity contribution in [1.82, 2.24) is 0 Å². The van der Waals surface area contributed by atoms with Crippen LogP contribution in [0.15, 0.2) is 121 Å². The SMILES string of the molecule is C1CC[NH2+]CC1.c1ccc([B-](c2ccccc2)(c2ccccc2)c2ccccc2)cc1. The fourth-order valence-corrected chi connectivity index (χ4v) is 5.02. The molecule has 2 N–H and O–H groups in total. The Morgan fingerprint density at radius 1 is 0.387 bits per heavy atom. The van der Waals surface area contributed by atoms with Crippen molar-refractivity contribution in [3.05, 3.63) is 121 Å². The molecule has 4 aromatic carbocycles. The van der Waals surface area contributed by atoms with Gasteiger partial charge in [0, 0.05) is 0 Å². The van der Waals surface area contributed by atoms with Crippen molar-refractivity contribution in [3.63, 3.8) is 0 Å². The first kappa shape index (κ1) is 21.1. The van der Waals surface area contributed by atoms with E-state index in [1.165, 1.54) is 54.2 Å². The minimum atomic E-state index is -1.22. The van der Waals surface area contributed by atoms with Gasteiger partial charge in [0.25, 0.3) is 0 Å². The van der Waals surface area contributed by atoms with Crippen LogP contribution in [-0.2, 0) is 0 Å². The zero-order chi connectivity index (χ0) is 21.2. The van der Waals surface area contributed by atoms with Crippen molar-refractivity contribution in [2.75, 3.05) is 13.1 Å². The van der Waals surface area contributed by atoms with Crippen molar-refractivity contribution >= 4 is 28.0 Å². The van der Waals surface area contributed by atoms with Gasteiger partial charge in [-0.15, -0.1) is 0 Å². The zero-order valence-electron chi connectivity index (χ0n) is 18.2. The molecule has 1 aliphatic heterocycles. The minimum absolute atomic E-state index is 1.22. The molecule has 0 aromatic heterocycles. The number of quaternary nitrogens is 1. The molecule has 0 unspecified atom stereocenters. The number of rotatable bonds is 4. The van der Waals surface area contributed by atoms with Crippen LogP contribution in [0.3, 0.4) is 0 Å². The topological polar surface area (TPSA) is 16.6 Å². The van der Waals surface area contributed by atoms with Gasteiger partial charge >= 0.3 is 0 Å². The van der Waals surface area contributed by atoms with Crippen LogP contribution >= 0.6 is 0 Å². The van der Waals surface area contributed by atoms with Gasteiger partial charge < -0.3 is 5.32 Å². The molecule has 0 radical (unpaired) electrons. The summed E-state index contributed by atoms with van der Waals surface area (Å²) >= 11 is 0. The van der Waals surface area contributed by atoms with Crippen molar-refractivity contribution < 1.29 is 5.32 Å². The summed E-state index contributed by atoms with van der Waals surface area (Å²) in [5.74, 6) is 0. The first-order chi connectivity index (χ1) is 15.4. The van der Waals surface area contributed by atoms with Gasteiger partial charge in [-0.05, 0) is 19.3 Å². The lowest BCUT2D eigenvalue weighted by Crippen LogP contribution is -2.85. The average molecular weight is 405 g/mol. The highest BCUT2D eigenvalue weighted by molar-refractivity contribution is 7.19. The highest BCUT2D eigenvalue weighted by Crippen LogP contribution is 2.09. The summed E-state index contributed by atoms with van der Waals surface area (Å²) in [5.41, 5.74) is 5.36. The van der Waals surface area contributed by atoms with Crippen LogP contribution in [0.4, 0.5) is 0 Å². The minimum Gasteiger partial charge on any atom is -0.346 e. The van der Waals surface area contributed by atoms with E-state index in [2.05, 4.69) is 127 Å². The Hall–Kier alpha value is -3.10. The third kappa shape index (κ3) is 4.81. The molecule has 0 amide bonds. The van der Waals surface area contributed by atoms with Gasteiger partial charge in [-0.1, -0.05) is 121 Å². The van der Waals surface area contributed by atoms with Crippen LogP contribution in [0.1, 0.15) is 19.3 Å². The fourth-order valence-electron chi connectivity index (χ4n) is 5.02. The molecule has 1 nitrogen and oxygen atoms in total. The molecule has 5 rings (SSSR count). The second kappa shape index (κ2) is 10.8. The third-order valence-corrected chi connectivity index (χ3v) is 6.51. The maximum atomic E-state index is 2.39. The van der Waals surface area contributed by atoms with Crippen LogP contribution in [0.2, 0.25) is 0 Å². The van der Waals surface area contributed by atoms with Gasteiger partial charge in [0.1, 0.15) is 6.15 Å². The summed E-state index contributed by atoms with van der Waals surface area (Å²) in [7, 11) is 0. The van der Waals surface area contributed by atoms with Crippen LogP contribution in [-0.4, -0.2) is 19.2 Å². The number of hydrogen-bond acceptors (Lipinski definition) is 0. The van der Waals surface area contributed by atoms with Crippen molar-refractivity contribution in [3.8, 4) is 0 Å². The molecule has 4 aromatic rings. The Morgan fingerprint density at radius 3 is 0.871 bits per heavy atom. The molecule has 0 saturated carbocycles. The maximum Gasteiger partial charge on any atom is 0.108 e. The molecule has 0 atom stereocenters. The van der Waals surface area contributed by atoms with E-state index in [9.17, 15) is 0 Å². The van der Waals surface area contributed by atoms with Crippen molar-refractivity contribution in [2.45, 2.75) is 19.3 Å². The molecule has 0 aliphatic carbocycles. The van der Waals surface area contributed by atoms with Gasteiger partial charge in [0.2, 0.25) is 0 Å². The Balaban J connectivity index is 0.000000334. The van der Waals surface area contributed by atoms with E-state index in [0.717, 1.165) is 0 Å². The first-order valence-electron chi connectivity index (χ1n) is 11.6. The molecular weight excluding hydrogens is 373 g/mol. The van der Waals surface area contributed by atoms with Gasteiger partial charge in [0.05, 0.1) is 13.1 Å². The Kier molecular flexibility index (Phi) is 7.36. The average Bonchev–Trinajstić information content (AvgIpc) is 2.89. The van der Waals surface area contributed by atoms with Crippen molar-refractivity contribution in [1.29, 1.82) is 0 Å². The van der Waals surface area contributed by atoms with E-state index in [1.807, 2.05) is 0 Å². The largest absolute Gasteiger partial charge is 0.346 e. The van der Waals surface area contributed by atoms with Gasteiger partial charge in [-0.3, -0.25) is 0 Å². The number of benzene rings is 4. The number of hydrogen-bond donors (Lipinski definition) is 1. The fraction of sp³-hybridized carbons (Fsp3) is 0.172. The van der Waals surface area contributed by atoms with E-state index < -0.39 is 6.15 Å². The van der Waals surface area contributed by atoms with E-state index in [-0.39, 0.29) is 0 Å². The highest BCUT2D eigenvalue weighted by Gasteiger charge is 2.30. The lowest BCUT2D eigenvalue weighted by molar-refractivity contribution is -0.662. The Labute approximate surface area is 187 Å². The van der Waals surface area contributed by atoms with Gasteiger partial charge in [-0.2, -0.15) is 21.9 Å². The standard InChI is InChI=1S/C24H20B.C5H11N/c1-5-13-21(14-6-1)25(22-15-7-2-8-16-22,23-17-9-3-10-18-23)24-19-11-4-12-20-24;1-2-4-6-5-3-1/h1-20H;6H,1-5H2/q-1;/p+1. The second-order valence-electron chi connectivity index (χ2n) is 8.44. The molecule has 0 spiro atoms. The Morgan fingerprint density at radius 2 is 0.677 bits per heavy atom. The predicted molar refractivity (Wildman–Crippen MR) is 136 cm³/mol. The van der Waals surface area contributed by atoms with Gasteiger partial charge in [-0.25, -0.2) is 0 Å². The molecule has 0 bridgehead atoms. The molecule has 156 valence electrons. The van der Waals surface area contributed by atoms with Gasteiger partial charge in [0.15, 0.2) is 0 Å². The smallest absolute Gasteiger partial charge is 0.108 e. The van der Waals surface area contributed by atoms with Crippen LogP contribution in [0, 0.1) is 0 Å². The quantitative estimate of drug-likeness (QED) is 0.503. The molecule has 2 heteroatoms. The molecule has 1 saturated heterocycles. The predicted octanol–water partition coefficient (Wildman–Crippen LogP) is 2.80. The lowest BCUT2D eigenvalue weighted by atomic mass is 9.13. The normalized spacial score (nSPS) is 13.7. The van der Waals surface area contributed by atoms with Crippen LogP contribution in [0.5, 0.6) is 0 Å². The summed E-state index contributed by atoms with van der Waals surface area (Å²) in [4.78, 5) is 0. The highest BCUT2D eigenvalue weighted by atomic mass is 14.9. The monoisotopic (exact) mass is 405 g/mol. The second-order valence-corrected chi connectivity index (χ2v) is 8.44. The summed E-state index contributed by atoms with van der Waals surface area (Å²) in [6.07, 6.45) is 3.14. The summed E-state index contributed by atoms with van der Waals surface area (Å²) in [6, 6.07) is 43.5. The third-order valence-electron chi connectivity index (χ3n) is 6.51. The summed E-state index contributed by atoms with van der Waals surface area (Å²) in [6.45, 7) is 2.75. The molecule has 31 heavy (non-hydrogen) atoms. The molecule has 1 fully saturated rings. The van der Waals surface area contributed by atoms with Crippen LogP contribution in [0.25, 0.3) is 0 Å². The summed E-state index contributed by atoms with van der Waals surface area (Å²) < 4.78 is 0. The maximum absolute atomic E-state index is 2.39. The molecule has 1 heterocycles. The van der Waals surface area contributed by atoms with Crippen LogP contribution < -0.4 is 27.2 Å². The number of piperidine rings is 1. The summed E-state index contributed by atoms with van der Waals surface area (Å²) in [5, 5.41) is 2.39. The Bertz CT molecular complexity index is 838. The van der Waals surface area contributed by atoms with E-state index in [1.54, 1.807) is 0 Å². The van der Waals surface area contributed by atoms with Crippen molar-refractivity contribution in [2.24, 2.45) is 0 Å². The van der Waals surface area contributed by atoms with E-state index >= 15 is 0 Å². The zero-order valence-corrected chi connectivity index (χ0v) is 18.2. The number of nitrogens with two attached hydrogens (primary N) is 1. The molecular formula is C29H32BN. The van der Waals surface area contributed by atoms with E-state index in [0.29, 0.717) is 0 Å². The van der Waals surface area contributed by atoms with E-state index in [4.69, 9.17) is 0 Å². The molecule has 1 aliphatic rings.